The van der Waals surface area contributed by atoms with Crippen LogP contribution >= 0.6 is 12.2 Å². The summed E-state index contributed by atoms with van der Waals surface area (Å²) in [5, 5.41) is 17.8. The molecule has 3 aromatic carbocycles. The molecule has 7 nitrogen and oxygen atoms in total. The van der Waals surface area contributed by atoms with Crippen LogP contribution in [0, 0.1) is 10.1 Å². The summed E-state index contributed by atoms with van der Waals surface area (Å²) in [6.07, 6.45) is 0. The van der Waals surface area contributed by atoms with Gasteiger partial charge in [0.15, 0.2) is 5.11 Å². The summed E-state index contributed by atoms with van der Waals surface area (Å²) in [5.74, 6) is 1.30. The summed E-state index contributed by atoms with van der Waals surface area (Å²) in [5.41, 5.74) is 2.78. The Morgan fingerprint density at radius 2 is 1.69 bits per heavy atom. The van der Waals surface area contributed by atoms with Gasteiger partial charge in [-0.05, 0) is 48.1 Å². The maximum Gasteiger partial charge on any atom is 0.277 e. The smallest absolute Gasteiger partial charge is 0.277 e. The van der Waals surface area contributed by atoms with Crippen LogP contribution in [-0.4, -0.2) is 24.3 Å². The highest BCUT2D eigenvalue weighted by Gasteiger charge is 2.14. The van der Waals surface area contributed by atoms with Crippen molar-refractivity contribution in [3.05, 3.63) is 76.8 Å². The number of nitro groups is 1. The Morgan fingerprint density at radius 1 is 0.966 bits per heavy atom. The van der Waals surface area contributed by atoms with Gasteiger partial charge >= 0.3 is 0 Å². The van der Waals surface area contributed by atoms with Gasteiger partial charge in [-0.1, -0.05) is 24.3 Å². The minimum Gasteiger partial charge on any atom is -0.497 e. The fourth-order valence-corrected chi connectivity index (χ4v) is 3.03. The molecule has 8 heteroatoms. The maximum atomic E-state index is 11.2. The van der Waals surface area contributed by atoms with Crippen molar-refractivity contribution in [3.63, 3.8) is 0 Å². The predicted octanol–water partition coefficient (Wildman–Crippen LogP) is 5.09. The van der Waals surface area contributed by atoms with Crippen molar-refractivity contribution in [1.29, 1.82) is 0 Å². The minimum atomic E-state index is -0.387. The third-order valence-corrected chi connectivity index (χ3v) is 4.41. The fraction of sp³-hybridized carbons (Fsp3) is 0.0952. The minimum absolute atomic E-state index is 0.0653. The van der Waals surface area contributed by atoms with Crippen molar-refractivity contribution in [2.24, 2.45) is 0 Å². The molecule has 3 aromatic rings. The number of methoxy groups -OCH3 is 2. The Labute approximate surface area is 173 Å². The Bertz CT molecular complexity index is 1040. The Kier molecular flexibility index (Phi) is 6.25. The lowest BCUT2D eigenvalue weighted by Crippen LogP contribution is -2.19. The van der Waals surface area contributed by atoms with Crippen LogP contribution in [0.15, 0.2) is 66.7 Å². The second-order valence-electron chi connectivity index (χ2n) is 6.00. The van der Waals surface area contributed by atoms with Gasteiger partial charge in [0.25, 0.3) is 5.69 Å². The Balaban J connectivity index is 1.74. The van der Waals surface area contributed by atoms with E-state index in [1.165, 1.54) is 6.07 Å². The van der Waals surface area contributed by atoms with Crippen LogP contribution in [0.25, 0.3) is 11.1 Å². The van der Waals surface area contributed by atoms with Crippen LogP contribution in [0.2, 0.25) is 0 Å². The van der Waals surface area contributed by atoms with Crippen LogP contribution in [0.3, 0.4) is 0 Å². The molecule has 0 heterocycles. The largest absolute Gasteiger partial charge is 0.497 e. The number of nitrogens with zero attached hydrogens (tertiary/aromatic N) is 1. The summed E-state index contributed by atoms with van der Waals surface area (Å²) < 4.78 is 10.6. The normalized spacial score (nSPS) is 10.1. The molecule has 3 rings (SSSR count). The van der Waals surface area contributed by atoms with Crippen molar-refractivity contribution in [3.8, 4) is 22.6 Å². The molecule has 0 aromatic heterocycles. The maximum absolute atomic E-state index is 11.2. The summed E-state index contributed by atoms with van der Waals surface area (Å²) in [4.78, 5) is 10.8. The van der Waals surface area contributed by atoms with Gasteiger partial charge in [-0.3, -0.25) is 10.1 Å². The number of hydrogen-bond acceptors (Lipinski definition) is 5. The van der Waals surface area contributed by atoms with Crippen molar-refractivity contribution in [1.82, 2.24) is 0 Å². The molecule has 0 amide bonds. The Hall–Kier alpha value is -3.65. The van der Waals surface area contributed by atoms with Gasteiger partial charge in [0.2, 0.25) is 0 Å². The number of para-hydroxylation sites is 1. The molecule has 0 unspecified atom stereocenters. The van der Waals surface area contributed by atoms with Crippen LogP contribution in [-0.2, 0) is 0 Å². The van der Waals surface area contributed by atoms with Crippen LogP contribution in [0.5, 0.6) is 11.5 Å². The highest BCUT2D eigenvalue weighted by atomic mass is 32.1. The second kappa shape index (κ2) is 9.03. The van der Waals surface area contributed by atoms with Gasteiger partial charge in [0.1, 0.15) is 11.5 Å². The van der Waals surface area contributed by atoms with E-state index in [-0.39, 0.29) is 10.6 Å². The lowest BCUT2D eigenvalue weighted by molar-refractivity contribution is -0.384. The molecule has 29 heavy (non-hydrogen) atoms. The SMILES string of the molecule is COc1ccc(OC)c(NC(=S)Nc2ccc(-c3ccccc3[N+](=O)[O-])cc2)c1. The molecule has 2 N–H and O–H groups in total. The predicted molar refractivity (Wildman–Crippen MR) is 118 cm³/mol. The number of nitrogens with one attached hydrogen (secondary N) is 2. The third kappa shape index (κ3) is 4.80. The number of nitro benzene ring substituents is 1. The molecule has 0 radical (unpaired) electrons. The average molecular weight is 409 g/mol. The number of thiocarbonyl (C=S) groups is 1. The summed E-state index contributed by atoms with van der Waals surface area (Å²) >= 11 is 5.38. The van der Waals surface area contributed by atoms with E-state index in [1.54, 1.807) is 62.8 Å². The summed E-state index contributed by atoms with van der Waals surface area (Å²) in [6.45, 7) is 0. The van der Waals surface area contributed by atoms with E-state index in [0.29, 0.717) is 27.9 Å². The van der Waals surface area contributed by atoms with E-state index in [1.807, 2.05) is 12.1 Å². The van der Waals surface area contributed by atoms with Crippen molar-refractivity contribution < 1.29 is 14.4 Å². The molecule has 0 aliphatic heterocycles. The lowest BCUT2D eigenvalue weighted by atomic mass is 10.0. The standard InChI is InChI=1S/C21H19N3O4S/c1-27-16-11-12-20(28-2)18(13-16)23-21(29)22-15-9-7-14(8-10-15)17-5-3-4-6-19(17)24(25)26/h3-13H,1-2H3,(H2,22,23,29). The highest BCUT2D eigenvalue weighted by Crippen LogP contribution is 2.31. The van der Waals surface area contributed by atoms with E-state index in [0.717, 1.165) is 11.3 Å². The van der Waals surface area contributed by atoms with E-state index >= 15 is 0 Å². The third-order valence-electron chi connectivity index (χ3n) is 4.21. The Morgan fingerprint density at radius 3 is 2.34 bits per heavy atom. The molecule has 0 saturated heterocycles. The average Bonchev–Trinajstić information content (AvgIpc) is 2.74. The van der Waals surface area contributed by atoms with Crippen LogP contribution < -0.4 is 20.1 Å². The van der Waals surface area contributed by atoms with Gasteiger partial charge in [-0.15, -0.1) is 0 Å². The molecular weight excluding hydrogens is 390 g/mol. The van der Waals surface area contributed by atoms with Crippen molar-refractivity contribution in [2.75, 3.05) is 24.9 Å². The number of ether oxygens (including phenoxy) is 2. The van der Waals surface area contributed by atoms with Gasteiger partial charge in [-0.25, -0.2) is 0 Å². The first kappa shape index (κ1) is 20.1. The zero-order valence-electron chi connectivity index (χ0n) is 15.8. The summed E-state index contributed by atoms with van der Waals surface area (Å²) in [7, 11) is 3.16. The summed E-state index contributed by atoms with van der Waals surface area (Å²) in [6, 6.07) is 19.2. The highest BCUT2D eigenvalue weighted by molar-refractivity contribution is 7.80. The van der Waals surface area contributed by atoms with E-state index in [9.17, 15) is 10.1 Å². The van der Waals surface area contributed by atoms with E-state index in [2.05, 4.69) is 10.6 Å². The molecule has 0 aliphatic carbocycles. The molecule has 0 bridgehead atoms. The van der Waals surface area contributed by atoms with Gasteiger partial charge < -0.3 is 20.1 Å². The van der Waals surface area contributed by atoms with E-state index < -0.39 is 0 Å². The number of benzene rings is 3. The molecule has 0 saturated carbocycles. The van der Waals surface area contributed by atoms with Gasteiger partial charge in [-0.2, -0.15) is 0 Å². The molecular formula is C21H19N3O4S. The van der Waals surface area contributed by atoms with Gasteiger partial charge in [0, 0.05) is 17.8 Å². The molecule has 0 aliphatic rings. The van der Waals surface area contributed by atoms with E-state index in [4.69, 9.17) is 21.7 Å². The van der Waals surface area contributed by atoms with Crippen molar-refractivity contribution >= 4 is 34.4 Å². The first-order chi connectivity index (χ1) is 14.0. The van der Waals surface area contributed by atoms with Gasteiger partial charge in [0.05, 0.1) is 30.4 Å². The molecule has 0 atom stereocenters. The number of rotatable bonds is 6. The monoisotopic (exact) mass is 409 g/mol. The quantitative estimate of drug-likeness (QED) is 0.333. The first-order valence-corrected chi connectivity index (χ1v) is 9.06. The lowest BCUT2D eigenvalue weighted by Gasteiger charge is -2.14. The number of hydrogen-bond donors (Lipinski definition) is 2. The first-order valence-electron chi connectivity index (χ1n) is 8.65. The zero-order valence-corrected chi connectivity index (χ0v) is 16.7. The van der Waals surface area contributed by atoms with Crippen molar-refractivity contribution in [2.45, 2.75) is 0 Å². The topological polar surface area (TPSA) is 85.7 Å². The molecule has 0 spiro atoms. The molecule has 148 valence electrons. The fourth-order valence-electron chi connectivity index (χ4n) is 2.81. The number of anilines is 2. The zero-order chi connectivity index (χ0) is 20.8. The van der Waals surface area contributed by atoms with Crippen LogP contribution in [0.1, 0.15) is 0 Å². The second-order valence-corrected chi connectivity index (χ2v) is 6.41. The molecule has 0 fully saturated rings. The van der Waals surface area contributed by atoms with Crippen LogP contribution in [0.4, 0.5) is 17.1 Å².